The van der Waals surface area contributed by atoms with Crippen LogP contribution in [0, 0.1) is 0 Å². The van der Waals surface area contributed by atoms with Crippen LogP contribution in [0.2, 0.25) is 0 Å². The molecule has 1 atom stereocenters. The molecule has 1 aliphatic heterocycles. The second-order valence-corrected chi connectivity index (χ2v) is 10.3. The molecule has 1 aliphatic rings. The highest BCUT2D eigenvalue weighted by Gasteiger charge is 2.31. The van der Waals surface area contributed by atoms with Crippen LogP contribution in [0.5, 0.6) is 0 Å². The Morgan fingerprint density at radius 2 is 1.62 bits per heavy atom. The summed E-state index contributed by atoms with van der Waals surface area (Å²) in [6.45, 7) is 2.13. The number of hydrogen-bond acceptors (Lipinski definition) is 3. The minimum atomic E-state index is -3.58. The zero-order valence-electron chi connectivity index (χ0n) is 17.8. The van der Waals surface area contributed by atoms with Gasteiger partial charge in [0.25, 0.3) is 0 Å². The number of sulfone groups is 1. The molecule has 0 N–H and O–H groups in total. The van der Waals surface area contributed by atoms with Crippen molar-refractivity contribution in [2.24, 2.45) is 0 Å². The fourth-order valence-electron chi connectivity index (χ4n) is 4.63. The molecule has 6 heteroatoms. The van der Waals surface area contributed by atoms with Gasteiger partial charge in [-0.1, -0.05) is 66.7 Å². The second-order valence-electron chi connectivity index (χ2n) is 8.33. The van der Waals surface area contributed by atoms with Crippen LogP contribution in [-0.4, -0.2) is 24.9 Å². The standard InChI is InChI=1S/C26H24N2O3S/c1-19-15-21-11-5-7-13-23(21)28(19)26(29)17-27-16-25(22-12-6-8-14-24(22)27)32(30,31)18-20-9-3-2-4-10-20/h2-14,16,19H,15,17-18H2,1H3/t19-/m1/s1. The largest absolute Gasteiger partial charge is 0.337 e. The molecule has 1 amide bonds. The number of carbonyl (C=O) groups excluding carboxylic acids is 1. The SMILES string of the molecule is C[C@@H]1Cc2ccccc2N1C(=O)Cn1cc(S(=O)(=O)Cc2ccccc2)c2ccccc21. The molecule has 0 unspecified atom stereocenters. The average Bonchev–Trinajstić information content (AvgIpc) is 3.32. The molecule has 0 radical (unpaired) electrons. The lowest BCUT2D eigenvalue weighted by Gasteiger charge is -2.23. The Morgan fingerprint density at radius 3 is 2.44 bits per heavy atom. The molecule has 5 nitrogen and oxygen atoms in total. The third kappa shape index (κ3) is 3.60. The van der Waals surface area contributed by atoms with Crippen molar-refractivity contribution >= 4 is 32.3 Å². The molecule has 0 spiro atoms. The van der Waals surface area contributed by atoms with Crippen molar-refractivity contribution in [1.29, 1.82) is 0 Å². The smallest absolute Gasteiger partial charge is 0.247 e. The topological polar surface area (TPSA) is 59.4 Å². The zero-order chi connectivity index (χ0) is 22.3. The summed E-state index contributed by atoms with van der Waals surface area (Å²) < 4.78 is 28.3. The number of benzene rings is 3. The van der Waals surface area contributed by atoms with Crippen LogP contribution in [-0.2, 0) is 33.4 Å². The summed E-state index contributed by atoms with van der Waals surface area (Å²) in [6, 6.07) is 24.6. The van der Waals surface area contributed by atoms with E-state index in [4.69, 9.17) is 0 Å². The maximum Gasteiger partial charge on any atom is 0.247 e. The van der Waals surface area contributed by atoms with E-state index in [1.165, 1.54) is 0 Å². The summed E-state index contributed by atoms with van der Waals surface area (Å²) in [5.74, 6) is -0.123. The Balaban J connectivity index is 1.50. The lowest BCUT2D eigenvalue weighted by Crippen LogP contribution is -2.37. The molecule has 0 fully saturated rings. The van der Waals surface area contributed by atoms with Gasteiger partial charge in [0.15, 0.2) is 9.84 Å². The fourth-order valence-corrected chi connectivity index (χ4v) is 6.21. The number of fused-ring (bicyclic) bond motifs is 2. The van der Waals surface area contributed by atoms with Gasteiger partial charge in [0.2, 0.25) is 5.91 Å². The number of amides is 1. The Morgan fingerprint density at radius 1 is 0.938 bits per heavy atom. The first-order chi connectivity index (χ1) is 15.4. The van der Waals surface area contributed by atoms with Crippen LogP contribution in [0.15, 0.2) is 90.0 Å². The number of hydrogen-bond donors (Lipinski definition) is 0. The van der Waals surface area contributed by atoms with Gasteiger partial charge in [-0.25, -0.2) is 8.42 Å². The van der Waals surface area contributed by atoms with Gasteiger partial charge in [0, 0.05) is 28.8 Å². The maximum atomic E-state index is 13.3. The van der Waals surface area contributed by atoms with E-state index in [1.54, 1.807) is 10.8 Å². The highest BCUT2D eigenvalue weighted by Crippen LogP contribution is 2.33. The number of nitrogens with zero attached hydrogens (tertiary/aromatic N) is 2. The molecule has 4 aromatic rings. The Hall–Kier alpha value is -3.38. The first kappa shape index (κ1) is 20.5. The van der Waals surface area contributed by atoms with E-state index in [1.807, 2.05) is 84.6 Å². The van der Waals surface area contributed by atoms with Gasteiger partial charge in [-0.05, 0) is 36.6 Å². The third-order valence-corrected chi connectivity index (χ3v) is 7.78. The molecule has 0 aliphatic carbocycles. The average molecular weight is 445 g/mol. The van der Waals surface area contributed by atoms with Crippen molar-refractivity contribution < 1.29 is 13.2 Å². The molecular formula is C26H24N2O3S. The monoisotopic (exact) mass is 444 g/mol. The quantitative estimate of drug-likeness (QED) is 0.452. The molecule has 5 rings (SSSR count). The minimum absolute atomic E-state index is 0.0461. The van der Waals surface area contributed by atoms with E-state index in [2.05, 4.69) is 6.07 Å². The number of para-hydroxylation sites is 2. The Bertz CT molecular complexity index is 1410. The summed E-state index contributed by atoms with van der Waals surface area (Å²) in [5, 5.41) is 0.645. The van der Waals surface area contributed by atoms with E-state index >= 15 is 0 Å². The van der Waals surface area contributed by atoms with E-state index in [0.717, 1.165) is 28.8 Å². The first-order valence-electron chi connectivity index (χ1n) is 10.7. The Labute approximate surface area is 187 Å². The molecule has 3 aromatic carbocycles. The lowest BCUT2D eigenvalue weighted by molar-refractivity contribution is -0.119. The summed E-state index contributed by atoms with van der Waals surface area (Å²) in [5.41, 5.74) is 3.59. The highest BCUT2D eigenvalue weighted by atomic mass is 32.2. The van der Waals surface area contributed by atoms with Gasteiger partial charge in [-0.3, -0.25) is 4.79 Å². The van der Waals surface area contributed by atoms with Crippen molar-refractivity contribution in [1.82, 2.24) is 4.57 Å². The van der Waals surface area contributed by atoms with Crippen molar-refractivity contribution in [3.8, 4) is 0 Å². The van der Waals surface area contributed by atoms with Gasteiger partial charge in [-0.2, -0.15) is 0 Å². The molecule has 0 saturated heterocycles. The zero-order valence-corrected chi connectivity index (χ0v) is 18.6. The van der Waals surface area contributed by atoms with Gasteiger partial charge < -0.3 is 9.47 Å². The van der Waals surface area contributed by atoms with Gasteiger partial charge in [0.05, 0.1) is 10.6 Å². The first-order valence-corrected chi connectivity index (χ1v) is 12.3. The molecule has 0 bridgehead atoms. The summed E-state index contributed by atoms with van der Waals surface area (Å²) in [6.07, 6.45) is 2.44. The van der Waals surface area contributed by atoms with Gasteiger partial charge in [-0.15, -0.1) is 0 Å². The van der Waals surface area contributed by atoms with Crippen LogP contribution < -0.4 is 4.90 Å². The molecular weight excluding hydrogens is 420 g/mol. The number of aromatic nitrogens is 1. The fraction of sp³-hybridized carbons (Fsp3) is 0.192. The molecule has 32 heavy (non-hydrogen) atoms. The van der Waals surface area contributed by atoms with Crippen LogP contribution in [0.25, 0.3) is 10.9 Å². The summed E-state index contributed by atoms with van der Waals surface area (Å²) in [7, 11) is -3.58. The molecule has 1 aromatic heterocycles. The predicted octanol–water partition coefficient (Wildman–Crippen LogP) is 4.59. The lowest BCUT2D eigenvalue weighted by atomic mass is 10.1. The van der Waals surface area contributed by atoms with Crippen molar-refractivity contribution in [2.45, 2.75) is 36.6 Å². The van der Waals surface area contributed by atoms with Crippen molar-refractivity contribution in [3.05, 3.63) is 96.2 Å². The van der Waals surface area contributed by atoms with Gasteiger partial charge >= 0.3 is 0 Å². The highest BCUT2D eigenvalue weighted by molar-refractivity contribution is 7.90. The number of carbonyl (C=O) groups is 1. The van der Waals surface area contributed by atoms with Crippen LogP contribution in [0.3, 0.4) is 0 Å². The van der Waals surface area contributed by atoms with Gasteiger partial charge in [0.1, 0.15) is 6.54 Å². The van der Waals surface area contributed by atoms with Crippen molar-refractivity contribution in [3.63, 3.8) is 0 Å². The third-order valence-electron chi connectivity index (χ3n) is 6.07. The van der Waals surface area contributed by atoms with E-state index in [9.17, 15) is 13.2 Å². The summed E-state index contributed by atoms with van der Waals surface area (Å²) >= 11 is 0. The molecule has 2 heterocycles. The van der Waals surface area contributed by atoms with E-state index < -0.39 is 9.84 Å². The van der Waals surface area contributed by atoms with Crippen LogP contribution in [0.4, 0.5) is 5.69 Å². The van der Waals surface area contributed by atoms with E-state index in [0.29, 0.717) is 5.39 Å². The number of rotatable bonds is 5. The number of anilines is 1. The van der Waals surface area contributed by atoms with Crippen molar-refractivity contribution in [2.75, 3.05) is 4.90 Å². The minimum Gasteiger partial charge on any atom is -0.337 e. The normalized spacial score (nSPS) is 15.8. The van der Waals surface area contributed by atoms with Crippen LogP contribution in [0.1, 0.15) is 18.1 Å². The molecule has 162 valence electrons. The second kappa shape index (κ2) is 7.95. The Kier molecular flexibility index (Phi) is 5.10. The van der Waals surface area contributed by atoms with Crippen LogP contribution >= 0.6 is 0 Å². The maximum absolute atomic E-state index is 13.3. The molecule has 0 saturated carbocycles. The van der Waals surface area contributed by atoms with E-state index in [-0.39, 0.29) is 29.1 Å². The summed E-state index contributed by atoms with van der Waals surface area (Å²) in [4.78, 5) is 15.4. The predicted molar refractivity (Wildman–Crippen MR) is 126 cm³/mol.